The fourth-order valence-electron chi connectivity index (χ4n) is 2.35. The Hall–Kier alpha value is -0.130. The topological polar surface area (TPSA) is 63.4 Å². The molecule has 4 nitrogen and oxygen atoms in total. The summed E-state index contributed by atoms with van der Waals surface area (Å²) in [5.41, 5.74) is 5.89. The van der Waals surface area contributed by atoms with Gasteiger partial charge < -0.3 is 10.6 Å². The Morgan fingerprint density at radius 1 is 1.35 bits per heavy atom. The molecule has 0 aromatic heterocycles. The Labute approximate surface area is 105 Å². The van der Waals surface area contributed by atoms with Gasteiger partial charge in [0, 0.05) is 11.8 Å². The predicted molar refractivity (Wildman–Crippen MR) is 71.8 cm³/mol. The lowest BCUT2D eigenvalue weighted by Crippen LogP contribution is -2.40. The normalized spacial score (nSPS) is 21.6. The molecular weight excluding hydrogens is 236 g/mol. The molecular formula is C12H26N2O2S. The highest BCUT2D eigenvalue weighted by Gasteiger charge is 2.21. The molecule has 1 saturated heterocycles. The third kappa shape index (κ3) is 5.36. The van der Waals surface area contributed by atoms with Gasteiger partial charge in [0.2, 0.25) is 0 Å². The molecule has 102 valence electrons. The van der Waals surface area contributed by atoms with Crippen molar-refractivity contribution in [2.45, 2.75) is 39.2 Å². The average molecular weight is 262 g/mol. The monoisotopic (exact) mass is 262 g/mol. The first kappa shape index (κ1) is 14.9. The van der Waals surface area contributed by atoms with Gasteiger partial charge in [0.15, 0.2) is 0 Å². The summed E-state index contributed by atoms with van der Waals surface area (Å²) in [5.74, 6) is 1.24. The summed E-state index contributed by atoms with van der Waals surface area (Å²) in [5, 5.41) is 0. The zero-order valence-electron chi connectivity index (χ0n) is 11.1. The maximum atomic E-state index is 11.3. The second-order valence-corrected chi connectivity index (χ2v) is 7.60. The standard InChI is InChI=1S/C12H26N2O2S/c1-3-17(15,16)10-4-7-14-8-5-12(6-9-14)11(2)13/h11-12H,3-10,13H2,1-2H3. The molecule has 0 bridgehead atoms. The highest BCUT2D eigenvalue weighted by Crippen LogP contribution is 2.19. The Morgan fingerprint density at radius 3 is 2.41 bits per heavy atom. The predicted octanol–water partition coefficient (Wildman–Crippen LogP) is 0.870. The highest BCUT2D eigenvalue weighted by atomic mass is 32.2. The summed E-state index contributed by atoms with van der Waals surface area (Å²) in [6.07, 6.45) is 3.06. The van der Waals surface area contributed by atoms with Gasteiger partial charge in [-0.3, -0.25) is 0 Å². The number of hydrogen-bond acceptors (Lipinski definition) is 4. The van der Waals surface area contributed by atoms with Gasteiger partial charge in [-0.05, 0) is 51.7 Å². The quantitative estimate of drug-likeness (QED) is 0.771. The summed E-state index contributed by atoms with van der Waals surface area (Å²) in [6.45, 7) is 6.83. The molecule has 1 aliphatic heterocycles. The van der Waals surface area contributed by atoms with Crippen molar-refractivity contribution in [1.82, 2.24) is 4.90 Å². The molecule has 17 heavy (non-hydrogen) atoms. The largest absolute Gasteiger partial charge is 0.328 e. The van der Waals surface area contributed by atoms with Crippen LogP contribution in [0.2, 0.25) is 0 Å². The first-order valence-corrected chi connectivity index (χ1v) is 8.45. The van der Waals surface area contributed by atoms with E-state index in [1.165, 1.54) is 0 Å². The van der Waals surface area contributed by atoms with Crippen LogP contribution in [0.3, 0.4) is 0 Å². The first-order chi connectivity index (χ1) is 7.94. The number of sulfone groups is 1. The lowest BCUT2D eigenvalue weighted by atomic mass is 9.91. The van der Waals surface area contributed by atoms with Crippen LogP contribution in [0, 0.1) is 5.92 Å². The summed E-state index contributed by atoms with van der Waals surface area (Å²) in [4.78, 5) is 2.37. The zero-order valence-corrected chi connectivity index (χ0v) is 11.9. The van der Waals surface area contributed by atoms with Crippen molar-refractivity contribution in [2.75, 3.05) is 31.1 Å². The van der Waals surface area contributed by atoms with E-state index in [9.17, 15) is 8.42 Å². The molecule has 1 aliphatic rings. The van der Waals surface area contributed by atoms with Crippen LogP contribution >= 0.6 is 0 Å². The lowest BCUT2D eigenvalue weighted by molar-refractivity contribution is 0.173. The molecule has 0 aliphatic carbocycles. The van der Waals surface area contributed by atoms with Crippen molar-refractivity contribution >= 4 is 9.84 Å². The second-order valence-electron chi connectivity index (χ2n) is 5.13. The van der Waals surface area contributed by atoms with Crippen molar-refractivity contribution in [2.24, 2.45) is 11.7 Å². The molecule has 0 radical (unpaired) electrons. The molecule has 1 fully saturated rings. The van der Waals surface area contributed by atoms with Crippen LogP contribution in [0.5, 0.6) is 0 Å². The van der Waals surface area contributed by atoms with E-state index in [-0.39, 0.29) is 11.8 Å². The number of nitrogens with two attached hydrogens (primary N) is 1. The minimum absolute atomic E-state index is 0.264. The fraction of sp³-hybridized carbons (Fsp3) is 1.00. The van der Waals surface area contributed by atoms with E-state index < -0.39 is 9.84 Å². The van der Waals surface area contributed by atoms with Gasteiger partial charge in [-0.1, -0.05) is 6.92 Å². The minimum Gasteiger partial charge on any atom is -0.328 e. The molecule has 5 heteroatoms. The zero-order chi connectivity index (χ0) is 12.9. The third-order valence-electron chi connectivity index (χ3n) is 3.75. The number of likely N-dealkylation sites (tertiary alicyclic amines) is 1. The Balaban J connectivity index is 2.19. The molecule has 0 aromatic rings. The van der Waals surface area contributed by atoms with E-state index in [1.807, 2.05) is 0 Å². The van der Waals surface area contributed by atoms with Gasteiger partial charge in [-0.2, -0.15) is 0 Å². The second kappa shape index (κ2) is 6.71. The molecule has 0 amide bonds. The molecule has 1 heterocycles. The van der Waals surface area contributed by atoms with Crippen LogP contribution in [0.25, 0.3) is 0 Å². The molecule has 1 atom stereocenters. The van der Waals surface area contributed by atoms with Gasteiger partial charge in [0.05, 0.1) is 5.75 Å². The summed E-state index contributed by atoms with van der Waals surface area (Å²) >= 11 is 0. The van der Waals surface area contributed by atoms with Crippen molar-refractivity contribution in [3.63, 3.8) is 0 Å². The molecule has 2 N–H and O–H groups in total. The SMILES string of the molecule is CCS(=O)(=O)CCCN1CCC(C(C)N)CC1. The van der Waals surface area contributed by atoms with Crippen LogP contribution in [-0.2, 0) is 9.84 Å². The Morgan fingerprint density at radius 2 is 1.94 bits per heavy atom. The molecule has 0 spiro atoms. The summed E-state index contributed by atoms with van der Waals surface area (Å²) < 4.78 is 22.7. The summed E-state index contributed by atoms with van der Waals surface area (Å²) in [7, 11) is -2.79. The highest BCUT2D eigenvalue weighted by molar-refractivity contribution is 7.91. The van der Waals surface area contributed by atoms with Gasteiger partial charge in [-0.25, -0.2) is 8.42 Å². The Bertz CT molecular complexity index is 306. The fourth-order valence-corrected chi connectivity index (χ4v) is 3.21. The van der Waals surface area contributed by atoms with Crippen molar-refractivity contribution in [3.8, 4) is 0 Å². The molecule has 1 unspecified atom stereocenters. The van der Waals surface area contributed by atoms with E-state index in [0.29, 0.717) is 11.7 Å². The van der Waals surface area contributed by atoms with E-state index in [2.05, 4.69) is 11.8 Å². The van der Waals surface area contributed by atoms with Gasteiger partial charge in [-0.15, -0.1) is 0 Å². The average Bonchev–Trinajstić information content (AvgIpc) is 2.29. The van der Waals surface area contributed by atoms with Crippen LogP contribution in [-0.4, -0.2) is 50.5 Å². The molecule has 0 aromatic carbocycles. The smallest absolute Gasteiger partial charge is 0.150 e. The summed E-state index contributed by atoms with van der Waals surface area (Å²) in [6, 6.07) is 0.289. The van der Waals surface area contributed by atoms with Crippen LogP contribution < -0.4 is 5.73 Å². The third-order valence-corrected chi connectivity index (χ3v) is 5.54. The van der Waals surface area contributed by atoms with Crippen LogP contribution in [0.15, 0.2) is 0 Å². The van der Waals surface area contributed by atoms with E-state index in [0.717, 1.165) is 38.9 Å². The van der Waals surface area contributed by atoms with Crippen LogP contribution in [0.4, 0.5) is 0 Å². The Kier molecular flexibility index (Phi) is 5.89. The number of rotatable bonds is 6. The lowest BCUT2D eigenvalue weighted by Gasteiger charge is -2.33. The molecule has 0 saturated carbocycles. The van der Waals surface area contributed by atoms with Crippen LogP contribution in [0.1, 0.15) is 33.1 Å². The van der Waals surface area contributed by atoms with Crippen molar-refractivity contribution < 1.29 is 8.42 Å². The maximum Gasteiger partial charge on any atom is 0.150 e. The number of nitrogens with zero attached hydrogens (tertiary/aromatic N) is 1. The van der Waals surface area contributed by atoms with Gasteiger partial charge in [0.1, 0.15) is 9.84 Å². The first-order valence-electron chi connectivity index (χ1n) is 6.63. The van der Waals surface area contributed by atoms with E-state index in [4.69, 9.17) is 5.73 Å². The van der Waals surface area contributed by atoms with E-state index >= 15 is 0 Å². The van der Waals surface area contributed by atoms with Crippen molar-refractivity contribution in [3.05, 3.63) is 0 Å². The van der Waals surface area contributed by atoms with E-state index in [1.54, 1.807) is 6.92 Å². The van der Waals surface area contributed by atoms with Gasteiger partial charge >= 0.3 is 0 Å². The van der Waals surface area contributed by atoms with Gasteiger partial charge in [0.25, 0.3) is 0 Å². The number of piperidine rings is 1. The number of hydrogen-bond donors (Lipinski definition) is 1. The maximum absolute atomic E-state index is 11.3. The van der Waals surface area contributed by atoms with Crippen molar-refractivity contribution in [1.29, 1.82) is 0 Å². The molecule has 1 rings (SSSR count). The minimum atomic E-state index is -2.79.